The molecule has 3 N–H and O–H groups in total. The van der Waals surface area contributed by atoms with Gasteiger partial charge in [-0.1, -0.05) is 18.2 Å². The Morgan fingerprint density at radius 3 is 2.36 bits per heavy atom. The van der Waals surface area contributed by atoms with Crippen LogP contribution in [-0.2, 0) is 9.59 Å². The van der Waals surface area contributed by atoms with E-state index in [4.69, 9.17) is 14.2 Å². The zero-order chi connectivity index (χ0) is 27.8. The van der Waals surface area contributed by atoms with Gasteiger partial charge in [-0.15, -0.1) is 0 Å². The number of hydrogen-bond donors (Lipinski definition) is 3. The Balaban J connectivity index is 1.47. The summed E-state index contributed by atoms with van der Waals surface area (Å²) < 4.78 is 17.4. The third-order valence-electron chi connectivity index (χ3n) is 5.70. The van der Waals surface area contributed by atoms with E-state index in [-0.39, 0.29) is 18.9 Å². The minimum Gasteiger partial charge on any atom is -0.493 e. The Morgan fingerprint density at radius 2 is 1.69 bits per heavy atom. The van der Waals surface area contributed by atoms with Gasteiger partial charge in [-0.25, -0.2) is 4.79 Å². The fraction of sp³-hybridized carbons (Fsp3) is 0.172. The molecule has 0 aliphatic heterocycles. The maximum absolute atomic E-state index is 12.4. The Bertz CT molecular complexity index is 1470. The number of fused-ring (bicyclic) bond motifs is 1. The van der Waals surface area contributed by atoms with Crippen molar-refractivity contribution in [1.29, 1.82) is 0 Å². The number of nitrogens with one attached hydrogen (secondary N) is 2. The quantitative estimate of drug-likeness (QED) is 0.256. The maximum atomic E-state index is 12.4. The number of aliphatic carboxylic acids is 1. The van der Waals surface area contributed by atoms with Crippen LogP contribution >= 0.6 is 0 Å². The molecule has 200 valence electrons. The lowest BCUT2D eigenvalue weighted by molar-refractivity contribution is -0.141. The molecule has 10 nitrogen and oxygen atoms in total. The van der Waals surface area contributed by atoms with Crippen LogP contribution in [0.1, 0.15) is 23.7 Å². The Morgan fingerprint density at radius 1 is 0.949 bits per heavy atom. The number of rotatable bonds is 11. The van der Waals surface area contributed by atoms with Crippen LogP contribution in [0, 0.1) is 0 Å². The highest BCUT2D eigenvalue weighted by atomic mass is 16.5. The number of anilines is 1. The van der Waals surface area contributed by atoms with E-state index >= 15 is 0 Å². The molecule has 3 aromatic carbocycles. The fourth-order valence-corrected chi connectivity index (χ4v) is 3.81. The predicted octanol–water partition coefficient (Wildman–Crippen LogP) is 4.65. The normalized spacial score (nSPS) is 11.3. The summed E-state index contributed by atoms with van der Waals surface area (Å²) in [7, 11) is 1.49. The van der Waals surface area contributed by atoms with E-state index in [0.717, 1.165) is 0 Å². The number of pyridine rings is 1. The lowest BCUT2D eigenvalue weighted by atomic mass is 10.1. The highest BCUT2D eigenvalue weighted by Gasteiger charge is 2.19. The summed E-state index contributed by atoms with van der Waals surface area (Å²) in [4.78, 5) is 39.4. The minimum atomic E-state index is -1.14. The second-order valence-corrected chi connectivity index (χ2v) is 8.50. The third kappa shape index (κ3) is 7.01. The van der Waals surface area contributed by atoms with Gasteiger partial charge in [0.05, 0.1) is 19.2 Å². The molecule has 4 rings (SSSR count). The molecule has 0 aliphatic carbocycles. The third-order valence-corrected chi connectivity index (χ3v) is 5.70. The van der Waals surface area contributed by atoms with E-state index in [1.165, 1.54) is 14.0 Å². The van der Waals surface area contributed by atoms with Gasteiger partial charge in [0.1, 0.15) is 17.5 Å². The lowest BCUT2D eigenvalue weighted by Crippen LogP contribution is -2.40. The van der Waals surface area contributed by atoms with Crippen LogP contribution in [0.2, 0.25) is 0 Å². The summed E-state index contributed by atoms with van der Waals surface area (Å²) in [5, 5.41) is 15.2. The predicted molar refractivity (Wildman–Crippen MR) is 145 cm³/mol. The summed E-state index contributed by atoms with van der Waals surface area (Å²) >= 11 is 0. The molecule has 1 heterocycles. The number of ether oxygens (including phenoxy) is 3. The van der Waals surface area contributed by atoms with Crippen molar-refractivity contribution < 1.29 is 33.7 Å². The number of methoxy groups -OCH3 is 1. The first-order valence-corrected chi connectivity index (χ1v) is 12.1. The van der Waals surface area contributed by atoms with Crippen LogP contribution in [0.25, 0.3) is 10.9 Å². The van der Waals surface area contributed by atoms with Gasteiger partial charge >= 0.3 is 5.97 Å². The molecule has 2 amide bonds. The molecule has 0 radical (unpaired) electrons. The second kappa shape index (κ2) is 12.4. The number of hydrogen-bond acceptors (Lipinski definition) is 7. The largest absolute Gasteiger partial charge is 0.493 e. The zero-order valence-electron chi connectivity index (χ0n) is 21.3. The van der Waals surface area contributed by atoms with Crippen molar-refractivity contribution in [2.45, 2.75) is 19.4 Å². The summed E-state index contributed by atoms with van der Waals surface area (Å²) in [5.41, 5.74) is 1.77. The lowest BCUT2D eigenvalue weighted by Gasteiger charge is -2.16. The van der Waals surface area contributed by atoms with Crippen molar-refractivity contribution in [2.75, 3.05) is 19.0 Å². The number of carboxylic acid groups (broad SMARTS) is 1. The van der Waals surface area contributed by atoms with Gasteiger partial charge in [-0.3, -0.25) is 14.6 Å². The molecule has 0 unspecified atom stereocenters. The molecule has 0 aliphatic rings. The Kier molecular flexibility index (Phi) is 8.57. The number of carbonyl (C=O) groups is 3. The van der Waals surface area contributed by atoms with Crippen LogP contribution in [-0.4, -0.2) is 47.6 Å². The smallest absolute Gasteiger partial charge is 0.326 e. The van der Waals surface area contributed by atoms with Crippen molar-refractivity contribution in [1.82, 2.24) is 10.3 Å². The molecule has 10 heteroatoms. The van der Waals surface area contributed by atoms with Crippen molar-refractivity contribution in [3.8, 4) is 23.0 Å². The molecular weight excluding hydrogens is 502 g/mol. The first-order valence-electron chi connectivity index (χ1n) is 12.1. The number of carboxylic acids is 1. The average molecular weight is 530 g/mol. The van der Waals surface area contributed by atoms with Gasteiger partial charge in [-0.05, 0) is 48.5 Å². The number of aromatic nitrogens is 1. The van der Waals surface area contributed by atoms with Gasteiger partial charge in [0.2, 0.25) is 5.91 Å². The van der Waals surface area contributed by atoms with E-state index in [9.17, 15) is 19.5 Å². The Hall–Kier alpha value is -5.12. The molecule has 0 bridgehead atoms. The topological polar surface area (TPSA) is 136 Å². The number of nitrogens with zero attached hydrogens (tertiary/aromatic N) is 1. The molecule has 0 fully saturated rings. The van der Waals surface area contributed by atoms with Gasteiger partial charge < -0.3 is 30.0 Å². The summed E-state index contributed by atoms with van der Waals surface area (Å²) in [6.45, 7) is 1.29. The van der Waals surface area contributed by atoms with Crippen molar-refractivity contribution in [3.63, 3.8) is 0 Å². The van der Waals surface area contributed by atoms with Crippen LogP contribution < -0.4 is 24.8 Å². The van der Waals surface area contributed by atoms with E-state index in [1.807, 2.05) is 6.07 Å². The minimum absolute atomic E-state index is 0.0302. The summed E-state index contributed by atoms with van der Waals surface area (Å²) in [6.07, 6.45) is 1.66. The highest BCUT2D eigenvalue weighted by Crippen LogP contribution is 2.37. The number of benzene rings is 3. The molecule has 0 saturated carbocycles. The van der Waals surface area contributed by atoms with Gasteiger partial charge in [0.25, 0.3) is 5.91 Å². The fourth-order valence-electron chi connectivity index (χ4n) is 3.81. The standard InChI is InChI=1S/C29H27N3O7/c1-18(33)31-23(29(35)36)13-15-38-27-17-24-22(16-26(27)37-2)25(12-14-30-24)39-21-10-8-20(9-11-21)32-28(34)19-6-4-3-5-7-19/h3-12,14,16-17,23H,13,15H2,1-2H3,(H,31,33)(H,32,34)(H,35,36)/t23-/m0/s1. The van der Waals surface area contributed by atoms with E-state index < -0.39 is 17.9 Å². The average Bonchev–Trinajstić information content (AvgIpc) is 2.93. The van der Waals surface area contributed by atoms with Crippen LogP contribution in [0.3, 0.4) is 0 Å². The summed E-state index contributed by atoms with van der Waals surface area (Å²) in [6, 6.07) is 20.0. The van der Waals surface area contributed by atoms with Crippen LogP contribution in [0.5, 0.6) is 23.0 Å². The number of carbonyl (C=O) groups excluding carboxylic acids is 2. The molecule has 1 atom stereocenters. The zero-order valence-corrected chi connectivity index (χ0v) is 21.3. The van der Waals surface area contributed by atoms with E-state index in [0.29, 0.717) is 45.2 Å². The van der Waals surface area contributed by atoms with E-state index in [1.54, 1.807) is 72.9 Å². The van der Waals surface area contributed by atoms with Crippen LogP contribution in [0.4, 0.5) is 5.69 Å². The monoisotopic (exact) mass is 529 g/mol. The first-order chi connectivity index (χ1) is 18.8. The highest BCUT2D eigenvalue weighted by molar-refractivity contribution is 6.04. The van der Waals surface area contributed by atoms with Crippen LogP contribution in [0.15, 0.2) is 79.0 Å². The molecule has 4 aromatic rings. The molecule has 1 aromatic heterocycles. The molecular formula is C29H27N3O7. The van der Waals surface area contributed by atoms with Crippen molar-refractivity contribution >= 4 is 34.4 Å². The molecule has 0 spiro atoms. The summed E-state index contributed by atoms with van der Waals surface area (Å²) in [5.74, 6) is 0.0806. The molecule has 39 heavy (non-hydrogen) atoms. The van der Waals surface area contributed by atoms with Crippen molar-refractivity contribution in [2.24, 2.45) is 0 Å². The van der Waals surface area contributed by atoms with Gasteiger partial charge in [0, 0.05) is 42.2 Å². The van der Waals surface area contributed by atoms with Crippen molar-refractivity contribution in [3.05, 3.63) is 84.6 Å². The molecule has 0 saturated heterocycles. The SMILES string of the molecule is COc1cc2c(Oc3ccc(NC(=O)c4ccccc4)cc3)ccnc2cc1OCC[C@H](NC(C)=O)C(=O)O. The number of amides is 2. The van der Waals surface area contributed by atoms with Gasteiger partial charge in [-0.2, -0.15) is 0 Å². The second-order valence-electron chi connectivity index (χ2n) is 8.50. The van der Waals surface area contributed by atoms with E-state index in [2.05, 4.69) is 15.6 Å². The first kappa shape index (κ1) is 26.9. The Labute approximate surface area is 224 Å². The maximum Gasteiger partial charge on any atom is 0.326 e. The van der Waals surface area contributed by atoms with Gasteiger partial charge in [0.15, 0.2) is 11.5 Å².